The van der Waals surface area contributed by atoms with Gasteiger partial charge in [-0.05, 0) is 38.0 Å². The van der Waals surface area contributed by atoms with Gasteiger partial charge in [0, 0.05) is 12.2 Å². The SMILES string of the molecule is COc1cccc(OC)c1-n1c(NS(=O)(=O)C(C)c2ccccc2F)nnc1[C@H]1CCCO1. The van der Waals surface area contributed by atoms with Crippen molar-refractivity contribution in [3.8, 4) is 17.2 Å². The Hall–Kier alpha value is -3.18. The number of methoxy groups -OCH3 is 2. The standard InChI is InChI=1S/C22H25FN4O5S/c1-14(15-8-4-5-9-16(15)23)33(28,29)26-22-25-24-21(19-12-7-13-32-19)27(22)20-17(30-2)10-6-11-18(20)31-3/h4-6,8-11,14,19H,7,12-13H2,1-3H3,(H,25,26)/t14?,19-/m1/s1. The number of benzene rings is 2. The molecule has 1 N–H and O–H groups in total. The zero-order chi connectivity index (χ0) is 23.6. The van der Waals surface area contributed by atoms with Crippen LogP contribution in [0.25, 0.3) is 5.69 Å². The van der Waals surface area contributed by atoms with E-state index in [9.17, 15) is 12.8 Å². The van der Waals surface area contributed by atoms with Crippen LogP contribution >= 0.6 is 0 Å². The van der Waals surface area contributed by atoms with Crippen LogP contribution in [-0.4, -0.2) is 44.0 Å². The van der Waals surface area contributed by atoms with Crippen LogP contribution < -0.4 is 14.2 Å². The third kappa shape index (κ3) is 4.38. The third-order valence-electron chi connectivity index (χ3n) is 5.57. The summed E-state index contributed by atoms with van der Waals surface area (Å²) in [5.41, 5.74) is 0.472. The van der Waals surface area contributed by atoms with Crippen molar-refractivity contribution in [3.63, 3.8) is 0 Å². The maximum absolute atomic E-state index is 14.3. The molecule has 0 saturated carbocycles. The van der Waals surface area contributed by atoms with Crippen LogP contribution in [-0.2, 0) is 14.8 Å². The zero-order valence-electron chi connectivity index (χ0n) is 18.5. The monoisotopic (exact) mass is 476 g/mol. The second kappa shape index (κ2) is 9.36. The van der Waals surface area contributed by atoms with E-state index >= 15 is 0 Å². The summed E-state index contributed by atoms with van der Waals surface area (Å²) in [4.78, 5) is 0. The van der Waals surface area contributed by atoms with Crippen LogP contribution in [0.15, 0.2) is 42.5 Å². The normalized spacial score (nSPS) is 17.0. The van der Waals surface area contributed by atoms with Gasteiger partial charge >= 0.3 is 0 Å². The number of ether oxygens (including phenoxy) is 3. The number of sulfonamides is 1. The second-order valence-electron chi connectivity index (χ2n) is 7.54. The van der Waals surface area contributed by atoms with Gasteiger partial charge < -0.3 is 14.2 Å². The van der Waals surface area contributed by atoms with Crippen LogP contribution in [0.3, 0.4) is 0 Å². The van der Waals surface area contributed by atoms with E-state index in [-0.39, 0.29) is 17.6 Å². The number of hydrogen-bond acceptors (Lipinski definition) is 7. The molecular weight excluding hydrogens is 451 g/mol. The summed E-state index contributed by atoms with van der Waals surface area (Å²) in [6.45, 7) is 1.97. The average molecular weight is 477 g/mol. The van der Waals surface area contributed by atoms with Crippen LogP contribution in [0, 0.1) is 5.82 Å². The van der Waals surface area contributed by atoms with Crippen LogP contribution in [0.4, 0.5) is 10.3 Å². The van der Waals surface area contributed by atoms with Crippen molar-refractivity contribution in [3.05, 3.63) is 59.7 Å². The minimum Gasteiger partial charge on any atom is -0.494 e. The van der Waals surface area contributed by atoms with Gasteiger partial charge in [0.25, 0.3) is 0 Å². The molecule has 0 spiro atoms. The molecule has 4 rings (SSSR count). The summed E-state index contributed by atoms with van der Waals surface area (Å²) in [6, 6.07) is 10.9. The summed E-state index contributed by atoms with van der Waals surface area (Å²) >= 11 is 0. The molecular formula is C22H25FN4O5S. The fourth-order valence-corrected chi connectivity index (χ4v) is 4.90. The molecule has 2 atom stereocenters. The molecule has 0 amide bonds. The maximum atomic E-state index is 14.3. The Kier molecular flexibility index (Phi) is 6.52. The number of para-hydroxylation sites is 1. The van der Waals surface area contributed by atoms with E-state index < -0.39 is 21.1 Å². The highest BCUT2D eigenvalue weighted by Gasteiger charge is 2.32. The largest absolute Gasteiger partial charge is 0.494 e. The van der Waals surface area contributed by atoms with Crippen molar-refractivity contribution in [1.82, 2.24) is 14.8 Å². The van der Waals surface area contributed by atoms with Gasteiger partial charge in [-0.25, -0.2) is 12.8 Å². The Morgan fingerprint density at radius 2 is 1.82 bits per heavy atom. The van der Waals surface area contributed by atoms with E-state index in [2.05, 4.69) is 14.9 Å². The lowest BCUT2D eigenvalue weighted by Crippen LogP contribution is -2.23. The van der Waals surface area contributed by atoms with E-state index in [1.54, 1.807) is 24.3 Å². The maximum Gasteiger partial charge on any atom is 0.243 e. The van der Waals surface area contributed by atoms with Gasteiger partial charge in [0.1, 0.15) is 34.4 Å². The van der Waals surface area contributed by atoms with Crippen LogP contribution in [0.2, 0.25) is 0 Å². The summed E-state index contributed by atoms with van der Waals surface area (Å²) < 4.78 is 61.6. The molecule has 2 aromatic carbocycles. The van der Waals surface area contributed by atoms with E-state index in [0.717, 1.165) is 6.42 Å². The Morgan fingerprint density at radius 1 is 1.12 bits per heavy atom. The molecule has 2 heterocycles. The molecule has 0 aliphatic carbocycles. The minimum absolute atomic E-state index is 0.0466. The van der Waals surface area contributed by atoms with Crippen molar-refractivity contribution >= 4 is 16.0 Å². The number of hydrogen-bond donors (Lipinski definition) is 1. The quantitative estimate of drug-likeness (QED) is 0.528. The number of anilines is 1. The Labute approximate surface area is 191 Å². The van der Waals surface area contributed by atoms with Gasteiger partial charge in [-0.3, -0.25) is 9.29 Å². The number of nitrogens with zero attached hydrogens (tertiary/aromatic N) is 3. The van der Waals surface area contributed by atoms with Gasteiger partial charge in [0.15, 0.2) is 5.82 Å². The molecule has 33 heavy (non-hydrogen) atoms. The summed E-state index contributed by atoms with van der Waals surface area (Å²) in [5.74, 6) is 0.577. The molecule has 1 fully saturated rings. The second-order valence-corrected chi connectivity index (χ2v) is 9.54. The van der Waals surface area contributed by atoms with Gasteiger partial charge in [-0.1, -0.05) is 24.3 Å². The molecule has 1 aliphatic rings. The average Bonchev–Trinajstić information content (AvgIpc) is 3.48. The molecule has 0 bridgehead atoms. The van der Waals surface area contributed by atoms with Gasteiger partial charge in [-0.2, -0.15) is 0 Å². The van der Waals surface area contributed by atoms with Crippen molar-refractivity contribution in [2.24, 2.45) is 0 Å². The highest BCUT2D eigenvalue weighted by Crippen LogP contribution is 2.39. The van der Waals surface area contributed by atoms with Crippen LogP contribution in [0.5, 0.6) is 11.5 Å². The molecule has 1 aliphatic heterocycles. The Morgan fingerprint density at radius 3 is 2.42 bits per heavy atom. The molecule has 0 radical (unpaired) electrons. The third-order valence-corrected chi connectivity index (χ3v) is 7.23. The Bertz CT molecular complexity index is 1220. The minimum atomic E-state index is -4.10. The lowest BCUT2D eigenvalue weighted by molar-refractivity contribution is 0.103. The van der Waals surface area contributed by atoms with Gasteiger partial charge in [0.05, 0.1) is 14.2 Å². The van der Waals surface area contributed by atoms with Crippen molar-refractivity contribution in [1.29, 1.82) is 0 Å². The molecule has 11 heteroatoms. The highest BCUT2D eigenvalue weighted by molar-refractivity contribution is 7.92. The molecule has 176 valence electrons. The summed E-state index contributed by atoms with van der Waals surface area (Å²) in [5, 5.41) is 7.16. The highest BCUT2D eigenvalue weighted by atomic mass is 32.2. The number of aromatic nitrogens is 3. The smallest absolute Gasteiger partial charge is 0.243 e. The first-order chi connectivity index (χ1) is 15.9. The molecule has 3 aromatic rings. The number of rotatable bonds is 8. The molecule has 1 aromatic heterocycles. The molecule has 9 nitrogen and oxygen atoms in total. The van der Waals surface area contributed by atoms with Gasteiger partial charge in [-0.15, -0.1) is 10.2 Å². The predicted molar refractivity (Wildman–Crippen MR) is 120 cm³/mol. The summed E-state index contributed by atoms with van der Waals surface area (Å²) in [7, 11) is -1.11. The molecule has 1 saturated heterocycles. The number of nitrogens with one attached hydrogen (secondary N) is 1. The molecule has 1 unspecified atom stereocenters. The van der Waals surface area contributed by atoms with Crippen molar-refractivity contribution in [2.45, 2.75) is 31.1 Å². The lowest BCUT2D eigenvalue weighted by Gasteiger charge is -2.20. The lowest BCUT2D eigenvalue weighted by atomic mass is 10.1. The topological polar surface area (TPSA) is 105 Å². The predicted octanol–water partition coefficient (Wildman–Crippen LogP) is 3.78. The van der Waals surface area contributed by atoms with Crippen molar-refractivity contribution in [2.75, 3.05) is 25.5 Å². The first kappa shape index (κ1) is 23.0. The first-order valence-electron chi connectivity index (χ1n) is 10.4. The van der Waals surface area contributed by atoms with Crippen LogP contribution in [0.1, 0.15) is 42.5 Å². The zero-order valence-corrected chi connectivity index (χ0v) is 19.3. The van der Waals surface area contributed by atoms with E-state index in [1.807, 2.05) is 0 Å². The first-order valence-corrected chi connectivity index (χ1v) is 12.0. The van der Waals surface area contributed by atoms with Gasteiger partial charge in [0.2, 0.25) is 16.0 Å². The Balaban J connectivity index is 1.83. The fourth-order valence-electron chi connectivity index (χ4n) is 3.81. The van der Waals surface area contributed by atoms with E-state index in [0.29, 0.717) is 36.0 Å². The summed E-state index contributed by atoms with van der Waals surface area (Å²) in [6.07, 6.45) is 1.16. The van der Waals surface area contributed by atoms with E-state index in [1.165, 1.54) is 43.9 Å². The van der Waals surface area contributed by atoms with Crippen molar-refractivity contribution < 1.29 is 27.0 Å². The number of halogens is 1. The fraction of sp³-hybridized carbons (Fsp3) is 0.364. The van der Waals surface area contributed by atoms with E-state index in [4.69, 9.17) is 14.2 Å².